The zero-order valence-corrected chi connectivity index (χ0v) is 17.3. The summed E-state index contributed by atoms with van der Waals surface area (Å²) in [5.74, 6) is 0.0719. The summed E-state index contributed by atoms with van der Waals surface area (Å²) in [6, 6.07) is 12.7. The Balaban J connectivity index is 1.58. The van der Waals surface area contributed by atoms with Crippen molar-refractivity contribution in [3.8, 4) is 5.75 Å². The monoisotopic (exact) mass is 420 g/mol. The largest absolute Gasteiger partial charge is 0.491 e. The molecule has 2 aromatic rings. The smallest absolute Gasteiger partial charge is 0.227 e. The Morgan fingerprint density at radius 2 is 1.93 bits per heavy atom. The first kappa shape index (κ1) is 20.5. The van der Waals surface area contributed by atoms with E-state index in [9.17, 15) is 9.59 Å². The Labute approximate surface area is 174 Å². The third-order valence-electron chi connectivity index (χ3n) is 4.48. The number of carbonyl (C=O) groups excluding carboxylic acids is 2. The van der Waals surface area contributed by atoms with Crippen LogP contribution in [0.15, 0.2) is 42.5 Å². The van der Waals surface area contributed by atoms with Crippen LogP contribution in [0.3, 0.4) is 0 Å². The minimum Gasteiger partial charge on any atom is -0.491 e. The number of anilines is 1. The number of halogens is 2. The van der Waals surface area contributed by atoms with Gasteiger partial charge in [0.05, 0.1) is 27.8 Å². The molecule has 0 spiro atoms. The molecule has 1 fully saturated rings. The fourth-order valence-corrected chi connectivity index (χ4v) is 3.51. The molecule has 5 nitrogen and oxygen atoms in total. The van der Waals surface area contributed by atoms with Gasteiger partial charge in [-0.3, -0.25) is 9.59 Å². The lowest BCUT2D eigenvalue weighted by Crippen LogP contribution is -2.32. The molecule has 3 rings (SSSR count). The lowest BCUT2D eigenvalue weighted by Gasteiger charge is -2.18. The quantitative estimate of drug-likeness (QED) is 0.750. The highest BCUT2D eigenvalue weighted by molar-refractivity contribution is 6.44. The Morgan fingerprint density at radius 3 is 2.61 bits per heavy atom. The Bertz CT molecular complexity index is 868. The lowest BCUT2D eigenvalue weighted by molar-refractivity contribution is -0.126. The second kappa shape index (κ2) is 8.84. The highest BCUT2D eigenvalue weighted by Gasteiger charge is 2.36. The maximum atomic E-state index is 12.5. The SMILES string of the molecule is CC(C)Oc1ccc(CNC(=O)[C@H]2CC(=O)N(c3cccc(Cl)c3Cl)C2)cc1. The number of hydrogen-bond acceptors (Lipinski definition) is 3. The summed E-state index contributed by atoms with van der Waals surface area (Å²) < 4.78 is 5.61. The number of ether oxygens (including phenoxy) is 1. The van der Waals surface area contributed by atoms with Crippen molar-refractivity contribution in [2.75, 3.05) is 11.4 Å². The van der Waals surface area contributed by atoms with Gasteiger partial charge in [-0.05, 0) is 43.7 Å². The lowest BCUT2D eigenvalue weighted by atomic mass is 10.1. The highest BCUT2D eigenvalue weighted by Crippen LogP contribution is 2.35. The second-order valence-electron chi connectivity index (χ2n) is 7.01. The zero-order chi connectivity index (χ0) is 20.3. The van der Waals surface area contributed by atoms with Gasteiger partial charge in [-0.15, -0.1) is 0 Å². The van der Waals surface area contributed by atoms with Crippen molar-refractivity contribution in [2.24, 2.45) is 5.92 Å². The van der Waals surface area contributed by atoms with E-state index in [2.05, 4.69) is 5.32 Å². The average Bonchev–Trinajstić information content (AvgIpc) is 3.04. The molecule has 1 saturated heterocycles. The zero-order valence-electron chi connectivity index (χ0n) is 15.7. The number of nitrogens with one attached hydrogen (secondary N) is 1. The molecule has 1 atom stereocenters. The van der Waals surface area contributed by atoms with Gasteiger partial charge in [-0.1, -0.05) is 41.4 Å². The molecule has 0 unspecified atom stereocenters. The van der Waals surface area contributed by atoms with Crippen LogP contribution in [0.4, 0.5) is 5.69 Å². The molecule has 28 heavy (non-hydrogen) atoms. The molecular weight excluding hydrogens is 399 g/mol. The Kier molecular flexibility index (Phi) is 6.47. The van der Waals surface area contributed by atoms with Gasteiger partial charge in [0, 0.05) is 19.5 Å². The molecule has 7 heteroatoms. The van der Waals surface area contributed by atoms with Crippen LogP contribution < -0.4 is 15.0 Å². The predicted molar refractivity (Wildman–Crippen MR) is 111 cm³/mol. The summed E-state index contributed by atoms with van der Waals surface area (Å²) in [7, 11) is 0. The van der Waals surface area contributed by atoms with E-state index in [4.69, 9.17) is 27.9 Å². The van der Waals surface area contributed by atoms with Crippen molar-refractivity contribution >= 4 is 40.7 Å². The van der Waals surface area contributed by atoms with Gasteiger partial charge in [0.15, 0.2) is 0 Å². The highest BCUT2D eigenvalue weighted by atomic mass is 35.5. The average molecular weight is 421 g/mol. The minimum absolute atomic E-state index is 0.112. The fraction of sp³-hybridized carbons (Fsp3) is 0.333. The molecule has 2 amide bonds. The normalized spacial score (nSPS) is 16.5. The second-order valence-corrected chi connectivity index (χ2v) is 7.79. The van der Waals surface area contributed by atoms with E-state index in [1.807, 2.05) is 38.1 Å². The van der Waals surface area contributed by atoms with Crippen LogP contribution in [-0.2, 0) is 16.1 Å². The molecule has 0 aliphatic carbocycles. The van der Waals surface area contributed by atoms with E-state index in [1.54, 1.807) is 18.2 Å². The van der Waals surface area contributed by atoms with Crippen LogP contribution in [-0.4, -0.2) is 24.5 Å². The first-order valence-electron chi connectivity index (χ1n) is 9.13. The van der Waals surface area contributed by atoms with Gasteiger partial charge in [0.25, 0.3) is 0 Å². The number of carbonyl (C=O) groups is 2. The summed E-state index contributed by atoms with van der Waals surface area (Å²) >= 11 is 12.3. The van der Waals surface area contributed by atoms with E-state index >= 15 is 0 Å². The van der Waals surface area contributed by atoms with Crippen LogP contribution in [0.25, 0.3) is 0 Å². The molecule has 1 aliphatic rings. The van der Waals surface area contributed by atoms with Crippen LogP contribution in [0.5, 0.6) is 5.75 Å². The predicted octanol–water partition coefficient (Wildman–Crippen LogP) is 4.45. The summed E-state index contributed by atoms with van der Waals surface area (Å²) in [5.41, 5.74) is 1.50. The molecule has 0 aromatic heterocycles. The van der Waals surface area contributed by atoms with Crippen LogP contribution >= 0.6 is 23.2 Å². The molecule has 1 heterocycles. The van der Waals surface area contributed by atoms with Crippen molar-refractivity contribution in [1.82, 2.24) is 5.32 Å². The van der Waals surface area contributed by atoms with Crippen molar-refractivity contribution in [2.45, 2.75) is 32.9 Å². The van der Waals surface area contributed by atoms with Crippen LogP contribution in [0.2, 0.25) is 10.0 Å². The molecule has 2 aromatic carbocycles. The summed E-state index contributed by atoms with van der Waals surface area (Å²) in [6.45, 7) is 4.61. The molecule has 1 aliphatic heterocycles. The Hall–Kier alpha value is -2.24. The third-order valence-corrected chi connectivity index (χ3v) is 5.29. The summed E-state index contributed by atoms with van der Waals surface area (Å²) in [5, 5.41) is 3.60. The Morgan fingerprint density at radius 1 is 1.21 bits per heavy atom. The minimum atomic E-state index is -0.425. The van der Waals surface area contributed by atoms with Gasteiger partial charge < -0.3 is 15.0 Å². The van der Waals surface area contributed by atoms with Gasteiger partial charge in [-0.25, -0.2) is 0 Å². The maximum Gasteiger partial charge on any atom is 0.227 e. The number of hydrogen-bond donors (Lipinski definition) is 1. The fourth-order valence-electron chi connectivity index (χ4n) is 3.11. The van der Waals surface area contributed by atoms with E-state index in [1.165, 1.54) is 4.90 Å². The molecule has 148 valence electrons. The van der Waals surface area contributed by atoms with Crippen molar-refractivity contribution in [3.05, 3.63) is 58.1 Å². The van der Waals surface area contributed by atoms with E-state index in [-0.39, 0.29) is 30.9 Å². The number of benzene rings is 2. The standard InChI is InChI=1S/C21H22Cl2N2O3/c1-13(2)28-16-8-6-14(7-9-16)11-24-21(27)15-10-19(26)25(12-15)18-5-3-4-17(22)20(18)23/h3-9,13,15H,10-12H2,1-2H3,(H,24,27)/t15-/m0/s1. The van der Waals surface area contributed by atoms with Crippen LogP contribution in [0.1, 0.15) is 25.8 Å². The first-order chi connectivity index (χ1) is 13.3. The maximum absolute atomic E-state index is 12.5. The van der Waals surface area contributed by atoms with Crippen molar-refractivity contribution in [1.29, 1.82) is 0 Å². The van der Waals surface area contributed by atoms with Gasteiger partial charge >= 0.3 is 0 Å². The van der Waals surface area contributed by atoms with E-state index in [0.29, 0.717) is 22.3 Å². The van der Waals surface area contributed by atoms with Crippen molar-refractivity contribution in [3.63, 3.8) is 0 Å². The van der Waals surface area contributed by atoms with Crippen molar-refractivity contribution < 1.29 is 14.3 Å². The first-order valence-corrected chi connectivity index (χ1v) is 9.88. The summed E-state index contributed by atoms with van der Waals surface area (Å²) in [6.07, 6.45) is 0.261. The number of nitrogens with zero attached hydrogens (tertiary/aromatic N) is 1. The van der Waals surface area contributed by atoms with Gasteiger partial charge in [0.2, 0.25) is 11.8 Å². The third kappa shape index (κ3) is 4.78. The number of amides is 2. The molecular formula is C21H22Cl2N2O3. The van der Waals surface area contributed by atoms with Gasteiger partial charge in [0.1, 0.15) is 5.75 Å². The topological polar surface area (TPSA) is 58.6 Å². The van der Waals surface area contributed by atoms with Crippen LogP contribution in [0, 0.1) is 5.92 Å². The molecule has 1 N–H and O–H groups in total. The number of rotatable bonds is 6. The van der Waals surface area contributed by atoms with Gasteiger partial charge in [-0.2, -0.15) is 0 Å². The molecule has 0 saturated carbocycles. The van der Waals surface area contributed by atoms with E-state index in [0.717, 1.165) is 11.3 Å². The molecule has 0 radical (unpaired) electrons. The molecule has 0 bridgehead atoms. The van der Waals surface area contributed by atoms with E-state index < -0.39 is 5.92 Å². The summed E-state index contributed by atoms with van der Waals surface area (Å²) in [4.78, 5) is 26.4.